The summed E-state index contributed by atoms with van der Waals surface area (Å²) in [5.74, 6) is 0. The van der Waals surface area contributed by atoms with Crippen molar-refractivity contribution >= 4 is 0 Å². The van der Waals surface area contributed by atoms with Gasteiger partial charge in [-0.3, -0.25) is 0 Å². The van der Waals surface area contributed by atoms with Gasteiger partial charge in [0.2, 0.25) is 0 Å². The first-order chi connectivity index (χ1) is 7.17. The molecule has 1 aliphatic rings. The highest BCUT2D eigenvalue weighted by atomic mass is 15.1. The lowest BCUT2D eigenvalue weighted by Gasteiger charge is -2.24. The zero-order valence-electron chi connectivity index (χ0n) is 10.0. The fourth-order valence-corrected chi connectivity index (χ4v) is 1.95. The quantitative estimate of drug-likeness (QED) is 0.661. The van der Waals surface area contributed by atoms with Crippen LogP contribution in [0.4, 0.5) is 0 Å². The number of nitriles is 1. The van der Waals surface area contributed by atoms with Crippen LogP contribution < -0.4 is 0 Å². The Balaban J connectivity index is 2.80. The normalized spacial score (nSPS) is 19.2. The maximum atomic E-state index is 8.97. The van der Waals surface area contributed by atoms with E-state index < -0.39 is 0 Å². The van der Waals surface area contributed by atoms with Crippen molar-refractivity contribution in [2.24, 2.45) is 0 Å². The van der Waals surface area contributed by atoms with Crippen LogP contribution in [0.1, 0.15) is 33.1 Å². The first-order valence-electron chi connectivity index (χ1n) is 5.65. The van der Waals surface area contributed by atoms with Crippen molar-refractivity contribution in [1.82, 2.24) is 4.90 Å². The van der Waals surface area contributed by atoms with Gasteiger partial charge in [-0.05, 0) is 38.5 Å². The third kappa shape index (κ3) is 3.53. The van der Waals surface area contributed by atoms with Crippen LogP contribution in [0.2, 0.25) is 0 Å². The highest BCUT2D eigenvalue weighted by molar-refractivity contribution is 5.35. The van der Waals surface area contributed by atoms with E-state index in [0.717, 1.165) is 37.9 Å². The Bertz CT molecular complexity index is 318. The molecule has 0 bridgehead atoms. The lowest BCUT2D eigenvalue weighted by Crippen LogP contribution is -2.26. The molecule has 2 nitrogen and oxygen atoms in total. The van der Waals surface area contributed by atoms with Crippen molar-refractivity contribution in [1.29, 1.82) is 5.26 Å². The van der Waals surface area contributed by atoms with Gasteiger partial charge in [0.05, 0.1) is 6.07 Å². The van der Waals surface area contributed by atoms with E-state index in [4.69, 9.17) is 5.26 Å². The molecule has 0 atom stereocenters. The van der Waals surface area contributed by atoms with Crippen molar-refractivity contribution in [3.8, 4) is 6.07 Å². The van der Waals surface area contributed by atoms with Crippen LogP contribution in [-0.4, -0.2) is 25.0 Å². The summed E-state index contributed by atoms with van der Waals surface area (Å²) in [4.78, 5) is 2.32. The van der Waals surface area contributed by atoms with E-state index in [0.29, 0.717) is 0 Å². The maximum Gasteiger partial charge on any atom is 0.0947 e. The monoisotopic (exact) mass is 204 g/mol. The second kappa shape index (κ2) is 5.72. The molecule has 0 amide bonds. The van der Waals surface area contributed by atoms with Crippen molar-refractivity contribution < 1.29 is 0 Å². The Kier molecular flexibility index (Phi) is 4.58. The van der Waals surface area contributed by atoms with Crippen LogP contribution in [0, 0.1) is 11.3 Å². The number of likely N-dealkylation sites (N-methyl/N-ethyl adjacent to an activating group) is 1. The third-order valence-electron chi connectivity index (χ3n) is 2.83. The predicted molar refractivity (Wildman–Crippen MR) is 63.4 cm³/mol. The fraction of sp³-hybridized carbons (Fsp3) is 0.615. The Morgan fingerprint density at radius 2 is 2.33 bits per heavy atom. The number of nitrogens with zero attached hydrogens (tertiary/aromatic N) is 2. The lowest BCUT2D eigenvalue weighted by molar-refractivity contribution is 0.350. The molecule has 0 aromatic carbocycles. The van der Waals surface area contributed by atoms with E-state index in [-0.39, 0.29) is 0 Å². The number of rotatable bonds is 3. The molecule has 1 rings (SSSR count). The molecule has 0 radical (unpaired) electrons. The number of allylic oxidation sites excluding steroid dienone is 2. The van der Waals surface area contributed by atoms with Crippen molar-refractivity contribution in [2.45, 2.75) is 33.1 Å². The van der Waals surface area contributed by atoms with E-state index in [1.165, 1.54) is 11.1 Å². The Morgan fingerprint density at radius 3 is 2.87 bits per heavy atom. The van der Waals surface area contributed by atoms with Crippen LogP contribution in [0.15, 0.2) is 22.8 Å². The van der Waals surface area contributed by atoms with Crippen LogP contribution in [-0.2, 0) is 0 Å². The first kappa shape index (κ1) is 12.0. The highest BCUT2D eigenvalue weighted by Gasteiger charge is 2.11. The molecule has 0 aromatic rings. The van der Waals surface area contributed by atoms with Gasteiger partial charge in [0.25, 0.3) is 0 Å². The predicted octanol–water partition coefficient (Wildman–Crippen LogP) is 2.89. The van der Waals surface area contributed by atoms with E-state index >= 15 is 0 Å². The molecule has 1 heterocycles. The Hall–Kier alpha value is -1.07. The zero-order valence-corrected chi connectivity index (χ0v) is 10.0. The average Bonchev–Trinajstić information content (AvgIpc) is 2.21. The number of hydrogen-bond donors (Lipinski definition) is 0. The van der Waals surface area contributed by atoms with E-state index in [2.05, 4.69) is 37.9 Å². The minimum atomic E-state index is 0.906. The third-order valence-corrected chi connectivity index (χ3v) is 2.83. The molecule has 1 aliphatic heterocycles. The SMILES string of the molecule is CCC/C(C#N)=C\C1=C(C)CN(C)CC1. The van der Waals surface area contributed by atoms with E-state index in [1.807, 2.05) is 0 Å². The van der Waals surface area contributed by atoms with Gasteiger partial charge in [-0.1, -0.05) is 18.9 Å². The first-order valence-corrected chi connectivity index (χ1v) is 5.65. The molecule has 0 spiro atoms. The second-order valence-electron chi connectivity index (χ2n) is 4.32. The fourth-order valence-electron chi connectivity index (χ4n) is 1.95. The topological polar surface area (TPSA) is 27.0 Å². The molecule has 0 unspecified atom stereocenters. The molecule has 0 N–H and O–H groups in total. The molecule has 0 fully saturated rings. The summed E-state index contributed by atoms with van der Waals surface area (Å²) in [5, 5.41) is 8.97. The summed E-state index contributed by atoms with van der Waals surface area (Å²) >= 11 is 0. The average molecular weight is 204 g/mol. The molecule has 0 saturated carbocycles. The largest absolute Gasteiger partial charge is 0.302 e. The van der Waals surface area contributed by atoms with Crippen molar-refractivity contribution in [3.05, 3.63) is 22.8 Å². The van der Waals surface area contributed by atoms with Gasteiger partial charge in [0.15, 0.2) is 0 Å². The van der Waals surface area contributed by atoms with Crippen LogP contribution in [0.25, 0.3) is 0 Å². The minimum absolute atomic E-state index is 0.906. The highest BCUT2D eigenvalue weighted by Crippen LogP contribution is 2.20. The van der Waals surface area contributed by atoms with Gasteiger partial charge < -0.3 is 4.90 Å². The summed E-state index contributed by atoms with van der Waals surface area (Å²) in [6.07, 6.45) is 5.14. The summed E-state index contributed by atoms with van der Waals surface area (Å²) < 4.78 is 0. The maximum absolute atomic E-state index is 8.97. The van der Waals surface area contributed by atoms with E-state index in [9.17, 15) is 0 Å². The van der Waals surface area contributed by atoms with E-state index in [1.54, 1.807) is 0 Å². The molecule has 15 heavy (non-hydrogen) atoms. The molecule has 0 aromatic heterocycles. The van der Waals surface area contributed by atoms with Crippen molar-refractivity contribution in [2.75, 3.05) is 20.1 Å². The summed E-state index contributed by atoms with van der Waals surface area (Å²) in [6.45, 7) is 6.42. The second-order valence-corrected chi connectivity index (χ2v) is 4.32. The van der Waals surface area contributed by atoms with Crippen LogP contribution in [0.5, 0.6) is 0 Å². The molecule has 0 aliphatic carbocycles. The van der Waals surface area contributed by atoms with Gasteiger partial charge in [0.1, 0.15) is 0 Å². The van der Waals surface area contributed by atoms with Gasteiger partial charge in [0, 0.05) is 18.7 Å². The molecule has 2 heteroatoms. The van der Waals surface area contributed by atoms with Gasteiger partial charge in [-0.2, -0.15) is 5.26 Å². The molecular weight excluding hydrogens is 184 g/mol. The minimum Gasteiger partial charge on any atom is -0.302 e. The smallest absolute Gasteiger partial charge is 0.0947 e. The van der Waals surface area contributed by atoms with Gasteiger partial charge in [-0.25, -0.2) is 0 Å². The lowest BCUT2D eigenvalue weighted by atomic mass is 9.98. The number of hydrogen-bond acceptors (Lipinski definition) is 2. The van der Waals surface area contributed by atoms with Crippen LogP contribution >= 0.6 is 0 Å². The zero-order chi connectivity index (χ0) is 11.3. The Morgan fingerprint density at radius 1 is 1.60 bits per heavy atom. The summed E-state index contributed by atoms with van der Waals surface area (Å²) in [7, 11) is 2.14. The van der Waals surface area contributed by atoms with Gasteiger partial charge >= 0.3 is 0 Å². The standard InChI is InChI=1S/C13H20N2/c1-4-5-12(9-14)8-13-6-7-15(3)10-11(13)2/h8H,4-7,10H2,1-3H3/b12-8+. The van der Waals surface area contributed by atoms with Crippen LogP contribution in [0.3, 0.4) is 0 Å². The summed E-state index contributed by atoms with van der Waals surface area (Å²) in [6, 6.07) is 2.30. The van der Waals surface area contributed by atoms with Gasteiger partial charge in [-0.15, -0.1) is 0 Å². The molecule has 0 saturated heterocycles. The Labute approximate surface area is 92.9 Å². The molecule has 82 valence electrons. The molecular formula is C13H20N2. The van der Waals surface area contributed by atoms with Crippen molar-refractivity contribution in [3.63, 3.8) is 0 Å². The summed E-state index contributed by atoms with van der Waals surface area (Å²) in [5.41, 5.74) is 3.71.